The highest BCUT2D eigenvalue weighted by Gasteiger charge is 2.37. The Balaban J connectivity index is 1.66. The summed E-state index contributed by atoms with van der Waals surface area (Å²) >= 11 is 2.43. The molecular formula is C23H18FNO4S2. The van der Waals surface area contributed by atoms with Crippen LogP contribution in [0.1, 0.15) is 45.0 Å². The van der Waals surface area contributed by atoms with E-state index in [1.807, 2.05) is 26.0 Å². The number of hydrogen-bond acceptors (Lipinski definition) is 5. The van der Waals surface area contributed by atoms with Gasteiger partial charge in [-0.15, -0.1) is 23.1 Å². The molecule has 2 heterocycles. The molecule has 0 fully saturated rings. The summed E-state index contributed by atoms with van der Waals surface area (Å²) in [7, 11) is 0. The summed E-state index contributed by atoms with van der Waals surface area (Å²) in [6.07, 6.45) is -0.0307. The minimum Gasteiger partial charge on any atom is -0.477 e. The quantitative estimate of drug-likeness (QED) is 0.415. The van der Waals surface area contributed by atoms with Crippen LogP contribution < -0.4 is 4.90 Å². The van der Waals surface area contributed by atoms with E-state index < -0.39 is 22.5 Å². The molecule has 4 rings (SSSR count). The maximum absolute atomic E-state index is 13.7. The second-order valence-electron chi connectivity index (χ2n) is 7.60. The van der Waals surface area contributed by atoms with Crippen molar-refractivity contribution in [3.8, 4) is 0 Å². The fourth-order valence-corrected chi connectivity index (χ4v) is 5.61. The van der Waals surface area contributed by atoms with Crippen LogP contribution >= 0.6 is 23.1 Å². The Morgan fingerprint density at radius 1 is 1.16 bits per heavy atom. The third-order valence-electron chi connectivity index (χ3n) is 5.04. The molecule has 1 aromatic heterocycles. The van der Waals surface area contributed by atoms with Crippen molar-refractivity contribution in [2.75, 3.05) is 4.90 Å². The highest BCUT2D eigenvalue weighted by atomic mass is 32.2. The Morgan fingerprint density at radius 2 is 1.90 bits per heavy atom. The zero-order chi connectivity index (χ0) is 22.3. The summed E-state index contributed by atoms with van der Waals surface area (Å²) in [6.45, 7) is 3.93. The number of benzene rings is 2. The predicted octanol–water partition coefficient (Wildman–Crippen LogP) is 5.34. The number of halogens is 1. The van der Waals surface area contributed by atoms with E-state index in [1.54, 1.807) is 29.6 Å². The summed E-state index contributed by atoms with van der Waals surface area (Å²) in [6, 6.07) is 13.3. The van der Waals surface area contributed by atoms with Crippen LogP contribution in [-0.2, 0) is 16.0 Å². The van der Waals surface area contributed by atoms with Crippen LogP contribution in [0.25, 0.3) is 0 Å². The molecule has 0 unspecified atom stereocenters. The maximum Gasteiger partial charge on any atom is 0.346 e. The van der Waals surface area contributed by atoms with E-state index in [4.69, 9.17) is 0 Å². The number of anilines is 1. The number of thioether (sulfide) groups is 1. The molecule has 2 aromatic carbocycles. The van der Waals surface area contributed by atoms with Crippen LogP contribution in [0.3, 0.4) is 0 Å². The molecular weight excluding hydrogens is 437 g/mol. The van der Waals surface area contributed by atoms with Gasteiger partial charge in [-0.1, -0.05) is 18.2 Å². The molecule has 0 radical (unpaired) electrons. The second-order valence-corrected chi connectivity index (χ2v) is 10.2. The molecule has 31 heavy (non-hydrogen) atoms. The SMILES string of the molecule is CC(C)(Sc1cccc(N2C(=O)Cc3csc(C(=O)O)c3C2=O)c1)c1cccc(F)c1. The summed E-state index contributed by atoms with van der Waals surface area (Å²) in [5.41, 5.74) is 1.71. The lowest BCUT2D eigenvalue weighted by Crippen LogP contribution is -2.42. The van der Waals surface area contributed by atoms with Gasteiger partial charge in [0.2, 0.25) is 5.91 Å². The molecule has 2 amide bonds. The molecule has 5 nitrogen and oxygen atoms in total. The van der Waals surface area contributed by atoms with Crippen LogP contribution in [0.15, 0.2) is 58.8 Å². The monoisotopic (exact) mass is 455 g/mol. The molecule has 1 aliphatic rings. The summed E-state index contributed by atoms with van der Waals surface area (Å²) in [5.74, 6) is -2.53. The topological polar surface area (TPSA) is 74.7 Å². The van der Waals surface area contributed by atoms with Crippen LogP contribution in [0.4, 0.5) is 10.1 Å². The number of aromatic carboxylic acids is 1. The Hall–Kier alpha value is -2.97. The lowest BCUT2D eigenvalue weighted by molar-refractivity contribution is -0.117. The van der Waals surface area contributed by atoms with Gasteiger partial charge in [0.15, 0.2) is 0 Å². The highest BCUT2D eigenvalue weighted by molar-refractivity contribution is 8.00. The lowest BCUT2D eigenvalue weighted by atomic mass is 10.0. The molecule has 0 bridgehead atoms. The number of thiophene rings is 1. The Labute approximate surface area is 186 Å². The maximum atomic E-state index is 13.7. The number of carbonyl (C=O) groups excluding carboxylic acids is 2. The molecule has 3 aromatic rings. The molecule has 0 saturated heterocycles. The largest absolute Gasteiger partial charge is 0.477 e. The Bertz CT molecular complexity index is 1220. The van der Waals surface area contributed by atoms with Crippen LogP contribution in [0.5, 0.6) is 0 Å². The van der Waals surface area contributed by atoms with Gasteiger partial charge in [0.25, 0.3) is 5.91 Å². The van der Waals surface area contributed by atoms with Gasteiger partial charge >= 0.3 is 5.97 Å². The first-order chi connectivity index (χ1) is 14.7. The predicted molar refractivity (Wildman–Crippen MR) is 119 cm³/mol. The molecule has 1 aliphatic heterocycles. The number of fused-ring (bicyclic) bond motifs is 1. The van der Waals surface area contributed by atoms with Gasteiger partial charge in [0.1, 0.15) is 10.7 Å². The molecule has 0 spiro atoms. The van der Waals surface area contributed by atoms with Crippen molar-refractivity contribution < 1.29 is 23.9 Å². The minimum absolute atomic E-state index is 0.0307. The van der Waals surface area contributed by atoms with Crippen LogP contribution in [0.2, 0.25) is 0 Å². The third-order valence-corrected chi connectivity index (χ3v) is 7.29. The Morgan fingerprint density at radius 3 is 2.61 bits per heavy atom. The molecule has 158 valence electrons. The van der Waals surface area contributed by atoms with Gasteiger partial charge in [0.05, 0.1) is 17.7 Å². The smallest absolute Gasteiger partial charge is 0.346 e. The number of rotatable bonds is 5. The number of nitrogens with zero attached hydrogens (tertiary/aromatic N) is 1. The van der Waals surface area contributed by atoms with E-state index in [-0.39, 0.29) is 22.7 Å². The average Bonchev–Trinajstić information content (AvgIpc) is 3.12. The molecule has 0 saturated carbocycles. The lowest BCUT2D eigenvalue weighted by Gasteiger charge is -2.28. The standard InChI is InChI=1S/C23H18FNO4S2/c1-23(2,14-5-3-6-15(24)10-14)31-17-8-4-7-16(11-17)25-18(26)9-13-12-30-20(22(28)29)19(13)21(25)27/h3-8,10-12H,9H2,1-2H3,(H,28,29). The summed E-state index contributed by atoms with van der Waals surface area (Å²) in [5, 5.41) is 10.9. The van der Waals surface area contributed by atoms with Crippen molar-refractivity contribution in [2.45, 2.75) is 29.9 Å². The molecule has 8 heteroatoms. The van der Waals surface area contributed by atoms with E-state index in [2.05, 4.69) is 0 Å². The number of hydrogen-bond donors (Lipinski definition) is 1. The van der Waals surface area contributed by atoms with E-state index >= 15 is 0 Å². The molecule has 0 aliphatic carbocycles. The van der Waals surface area contributed by atoms with Crippen molar-refractivity contribution in [1.82, 2.24) is 0 Å². The number of carboxylic acids is 1. The van der Waals surface area contributed by atoms with Crippen molar-refractivity contribution in [3.05, 3.63) is 81.3 Å². The van der Waals surface area contributed by atoms with Gasteiger partial charge in [-0.3, -0.25) is 9.59 Å². The first-order valence-corrected chi connectivity index (χ1v) is 11.1. The van der Waals surface area contributed by atoms with Crippen molar-refractivity contribution >= 4 is 46.6 Å². The van der Waals surface area contributed by atoms with Crippen LogP contribution in [0, 0.1) is 5.82 Å². The fraction of sp³-hybridized carbons (Fsp3) is 0.174. The number of carbonyl (C=O) groups is 3. The van der Waals surface area contributed by atoms with Crippen LogP contribution in [-0.4, -0.2) is 22.9 Å². The summed E-state index contributed by atoms with van der Waals surface area (Å²) < 4.78 is 13.2. The van der Waals surface area contributed by atoms with Crippen molar-refractivity contribution in [2.24, 2.45) is 0 Å². The van der Waals surface area contributed by atoms with E-state index in [0.29, 0.717) is 11.3 Å². The van der Waals surface area contributed by atoms with Gasteiger partial charge in [-0.25, -0.2) is 14.1 Å². The molecule has 1 N–H and O–H groups in total. The molecule has 0 atom stereocenters. The van der Waals surface area contributed by atoms with Gasteiger partial charge in [-0.2, -0.15) is 0 Å². The minimum atomic E-state index is -1.19. The van der Waals surface area contributed by atoms with Gasteiger partial charge in [-0.05, 0) is 60.7 Å². The zero-order valence-corrected chi connectivity index (χ0v) is 18.3. The third kappa shape index (κ3) is 4.00. The van der Waals surface area contributed by atoms with Crippen molar-refractivity contribution in [3.63, 3.8) is 0 Å². The zero-order valence-electron chi connectivity index (χ0n) is 16.7. The van der Waals surface area contributed by atoms with E-state index in [9.17, 15) is 23.9 Å². The Kier molecular flexibility index (Phi) is 5.45. The number of amides is 2. The number of imide groups is 1. The van der Waals surface area contributed by atoms with Gasteiger partial charge < -0.3 is 5.11 Å². The van der Waals surface area contributed by atoms with Crippen molar-refractivity contribution in [1.29, 1.82) is 0 Å². The fourth-order valence-electron chi connectivity index (χ4n) is 3.55. The van der Waals surface area contributed by atoms with E-state index in [0.717, 1.165) is 26.7 Å². The van der Waals surface area contributed by atoms with E-state index in [1.165, 1.54) is 23.9 Å². The normalized spacial score (nSPS) is 14.0. The summed E-state index contributed by atoms with van der Waals surface area (Å²) in [4.78, 5) is 39.1. The first-order valence-electron chi connectivity index (χ1n) is 9.43. The first kappa shape index (κ1) is 21.3. The second kappa shape index (κ2) is 7.94. The highest BCUT2D eigenvalue weighted by Crippen LogP contribution is 2.42. The average molecular weight is 456 g/mol. The van der Waals surface area contributed by atoms with Gasteiger partial charge in [0, 0.05) is 9.64 Å². The number of carboxylic acid groups (broad SMARTS) is 1.